The highest BCUT2D eigenvalue weighted by molar-refractivity contribution is 7.89. The van der Waals surface area contributed by atoms with Crippen LogP contribution in [-0.2, 0) is 10.0 Å². The number of hydrogen-bond donors (Lipinski definition) is 1. The molecule has 100 valence electrons. The number of rotatable bonds is 3. The largest absolute Gasteiger partial charge is 0.329 e. The molecule has 0 spiro atoms. The van der Waals surface area contributed by atoms with Gasteiger partial charge in [-0.2, -0.15) is 4.31 Å². The van der Waals surface area contributed by atoms with Crippen LogP contribution in [0, 0.1) is 0 Å². The van der Waals surface area contributed by atoms with E-state index in [1.54, 1.807) is 28.6 Å². The molecular weight excluding hydrogens is 248 g/mol. The van der Waals surface area contributed by atoms with Gasteiger partial charge < -0.3 is 5.73 Å². The van der Waals surface area contributed by atoms with Crippen LogP contribution in [0.5, 0.6) is 0 Å². The Morgan fingerprint density at radius 1 is 1.28 bits per heavy atom. The molecule has 1 atom stereocenters. The molecule has 1 aliphatic rings. The lowest BCUT2D eigenvalue weighted by atomic mass is 9.91. The summed E-state index contributed by atoms with van der Waals surface area (Å²) < 4.78 is 26.8. The van der Waals surface area contributed by atoms with Crippen molar-refractivity contribution in [2.24, 2.45) is 5.73 Å². The average molecular weight is 268 g/mol. The minimum atomic E-state index is -3.43. The van der Waals surface area contributed by atoms with Crippen LogP contribution in [0.2, 0.25) is 0 Å². The van der Waals surface area contributed by atoms with Gasteiger partial charge in [0.25, 0.3) is 0 Å². The van der Waals surface area contributed by atoms with Gasteiger partial charge in [-0.25, -0.2) is 8.42 Å². The van der Waals surface area contributed by atoms with Crippen molar-refractivity contribution in [1.29, 1.82) is 0 Å². The topological polar surface area (TPSA) is 63.4 Å². The molecule has 0 aromatic heterocycles. The molecule has 0 bridgehead atoms. The minimum absolute atomic E-state index is 0.353. The predicted molar refractivity (Wildman–Crippen MR) is 71.6 cm³/mol. The third-order valence-corrected chi connectivity index (χ3v) is 5.77. The van der Waals surface area contributed by atoms with Crippen molar-refractivity contribution in [3.05, 3.63) is 30.3 Å². The van der Waals surface area contributed by atoms with E-state index in [9.17, 15) is 8.42 Å². The normalized spacial score (nSPS) is 26.1. The van der Waals surface area contributed by atoms with Gasteiger partial charge in [0.05, 0.1) is 4.90 Å². The molecule has 1 heterocycles. The zero-order chi connectivity index (χ0) is 13.2. The van der Waals surface area contributed by atoms with Gasteiger partial charge in [-0.05, 0) is 31.9 Å². The summed E-state index contributed by atoms with van der Waals surface area (Å²) in [4.78, 5) is 0.353. The first-order valence-corrected chi connectivity index (χ1v) is 7.73. The Hall–Kier alpha value is -0.910. The van der Waals surface area contributed by atoms with Crippen LogP contribution in [0.15, 0.2) is 35.2 Å². The summed E-state index contributed by atoms with van der Waals surface area (Å²) in [7, 11) is -3.43. The first-order chi connectivity index (χ1) is 8.50. The monoisotopic (exact) mass is 268 g/mol. The summed E-state index contributed by atoms with van der Waals surface area (Å²) >= 11 is 0. The molecule has 18 heavy (non-hydrogen) atoms. The Labute approximate surface area is 109 Å². The summed E-state index contributed by atoms with van der Waals surface area (Å²) in [6.45, 7) is 2.86. The molecule has 1 fully saturated rings. The summed E-state index contributed by atoms with van der Waals surface area (Å²) in [5.74, 6) is 0. The number of benzene rings is 1. The molecule has 1 unspecified atom stereocenters. The molecule has 2 N–H and O–H groups in total. The van der Waals surface area contributed by atoms with E-state index in [2.05, 4.69) is 0 Å². The maximum absolute atomic E-state index is 12.6. The number of sulfonamides is 1. The van der Waals surface area contributed by atoms with E-state index < -0.39 is 15.6 Å². The van der Waals surface area contributed by atoms with Crippen LogP contribution in [-0.4, -0.2) is 31.4 Å². The lowest BCUT2D eigenvalue weighted by Crippen LogP contribution is -2.56. The number of nitrogens with two attached hydrogens (primary N) is 1. The van der Waals surface area contributed by atoms with Gasteiger partial charge in [0.15, 0.2) is 0 Å². The van der Waals surface area contributed by atoms with Gasteiger partial charge in [-0.15, -0.1) is 0 Å². The van der Waals surface area contributed by atoms with Crippen molar-refractivity contribution >= 4 is 10.0 Å². The third kappa shape index (κ3) is 2.30. The summed E-state index contributed by atoms with van der Waals surface area (Å²) in [5.41, 5.74) is 5.35. The van der Waals surface area contributed by atoms with Gasteiger partial charge in [-0.1, -0.05) is 24.6 Å². The van der Waals surface area contributed by atoms with Gasteiger partial charge in [0, 0.05) is 18.6 Å². The van der Waals surface area contributed by atoms with Crippen molar-refractivity contribution in [3.8, 4) is 0 Å². The Kier molecular flexibility index (Phi) is 3.75. The molecule has 4 nitrogen and oxygen atoms in total. The Morgan fingerprint density at radius 3 is 2.56 bits per heavy atom. The maximum Gasteiger partial charge on any atom is 0.243 e. The fraction of sp³-hybridized carbons (Fsp3) is 0.538. The second kappa shape index (κ2) is 4.99. The molecule has 1 aromatic carbocycles. The van der Waals surface area contributed by atoms with Crippen molar-refractivity contribution in [3.63, 3.8) is 0 Å². The fourth-order valence-corrected chi connectivity index (χ4v) is 4.36. The summed E-state index contributed by atoms with van der Waals surface area (Å²) in [6, 6.07) is 8.59. The smallest absolute Gasteiger partial charge is 0.243 e. The Balaban J connectivity index is 2.40. The molecule has 5 heteroatoms. The van der Waals surface area contributed by atoms with Crippen LogP contribution in [0.4, 0.5) is 0 Å². The van der Waals surface area contributed by atoms with Gasteiger partial charge in [0.1, 0.15) is 0 Å². The SMILES string of the molecule is CC1(CN)CCCCN1S(=O)(=O)c1ccccc1. The number of hydrogen-bond acceptors (Lipinski definition) is 3. The van der Waals surface area contributed by atoms with E-state index in [0.29, 0.717) is 18.0 Å². The zero-order valence-corrected chi connectivity index (χ0v) is 11.5. The second-order valence-corrected chi connectivity index (χ2v) is 6.91. The molecule has 2 rings (SSSR count). The quantitative estimate of drug-likeness (QED) is 0.905. The van der Waals surface area contributed by atoms with Crippen LogP contribution in [0.25, 0.3) is 0 Å². The highest BCUT2D eigenvalue weighted by Gasteiger charge is 2.41. The zero-order valence-electron chi connectivity index (χ0n) is 10.7. The van der Waals surface area contributed by atoms with Gasteiger partial charge in [-0.3, -0.25) is 0 Å². The van der Waals surface area contributed by atoms with E-state index in [4.69, 9.17) is 5.73 Å². The number of nitrogens with zero attached hydrogens (tertiary/aromatic N) is 1. The molecule has 0 radical (unpaired) electrons. The Morgan fingerprint density at radius 2 is 1.94 bits per heavy atom. The van der Waals surface area contributed by atoms with Crippen molar-refractivity contribution < 1.29 is 8.42 Å². The molecule has 0 amide bonds. The highest BCUT2D eigenvalue weighted by Crippen LogP contribution is 2.32. The molecule has 1 aliphatic heterocycles. The van der Waals surface area contributed by atoms with Crippen molar-refractivity contribution in [1.82, 2.24) is 4.31 Å². The van der Waals surface area contributed by atoms with Gasteiger partial charge >= 0.3 is 0 Å². The first-order valence-electron chi connectivity index (χ1n) is 6.29. The molecule has 0 aliphatic carbocycles. The fourth-order valence-electron chi connectivity index (χ4n) is 2.49. The third-order valence-electron chi connectivity index (χ3n) is 3.70. The van der Waals surface area contributed by atoms with Crippen molar-refractivity contribution in [2.75, 3.05) is 13.1 Å². The minimum Gasteiger partial charge on any atom is -0.329 e. The van der Waals surface area contributed by atoms with E-state index in [0.717, 1.165) is 19.3 Å². The van der Waals surface area contributed by atoms with Crippen molar-refractivity contribution in [2.45, 2.75) is 36.6 Å². The van der Waals surface area contributed by atoms with Crippen LogP contribution >= 0.6 is 0 Å². The lowest BCUT2D eigenvalue weighted by molar-refractivity contribution is 0.158. The number of piperidine rings is 1. The average Bonchev–Trinajstić information content (AvgIpc) is 2.40. The maximum atomic E-state index is 12.6. The van der Waals surface area contributed by atoms with Gasteiger partial charge in [0.2, 0.25) is 10.0 Å². The first kappa shape index (κ1) is 13.5. The predicted octanol–water partition coefficient (Wildman–Crippen LogP) is 1.58. The molecular formula is C13H20N2O2S. The Bertz CT molecular complexity index is 501. The molecule has 1 aromatic rings. The van der Waals surface area contributed by atoms with E-state index in [1.165, 1.54) is 0 Å². The van der Waals surface area contributed by atoms with Crippen LogP contribution in [0.1, 0.15) is 26.2 Å². The summed E-state index contributed by atoms with van der Waals surface area (Å²) in [5, 5.41) is 0. The highest BCUT2D eigenvalue weighted by atomic mass is 32.2. The van der Waals surface area contributed by atoms with E-state index in [-0.39, 0.29) is 0 Å². The standard InChI is InChI=1S/C13H20N2O2S/c1-13(11-14)9-5-6-10-15(13)18(16,17)12-7-3-2-4-8-12/h2-4,7-8H,5-6,9-11,14H2,1H3. The molecule has 1 saturated heterocycles. The lowest BCUT2D eigenvalue weighted by Gasteiger charge is -2.43. The molecule has 0 saturated carbocycles. The summed E-state index contributed by atoms with van der Waals surface area (Å²) in [6.07, 6.45) is 2.77. The van der Waals surface area contributed by atoms with E-state index in [1.807, 2.05) is 13.0 Å². The van der Waals surface area contributed by atoms with E-state index >= 15 is 0 Å². The van der Waals surface area contributed by atoms with Crippen LogP contribution < -0.4 is 5.73 Å². The second-order valence-electron chi connectivity index (χ2n) is 5.05. The van der Waals surface area contributed by atoms with Crippen LogP contribution in [0.3, 0.4) is 0 Å².